The minimum Gasteiger partial charge on any atom is -0.508 e. The molecule has 2 aromatic carbocycles. The number of aromatic carboxylic acids is 1. The number of benzene rings is 2. The lowest BCUT2D eigenvalue weighted by molar-refractivity contribution is -0.138. The lowest BCUT2D eigenvalue weighted by Crippen LogP contribution is -2.60. The van der Waals surface area contributed by atoms with Gasteiger partial charge in [-0.05, 0) is 54.7 Å². The standard InChI is InChI=1S/C28H21BrCl2N2O7/c29-12-32-25(39)27(30)11-19-17(21(28(27,31)26(32)40)13-4-6-16(34)7-5-13)8-9-18-20(19)23(36)33(22(18)35)15-3-1-2-14(10-15)24(37)38/h1-8,10,18-21,34H,9,11-12H2,(H,37,38). The predicted molar refractivity (Wildman–Crippen MR) is 147 cm³/mol. The Kier molecular flexibility index (Phi) is 6.18. The molecule has 4 amide bonds. The van der Waals surface area contributed by atoms with Crippen LogP contribution < -0.4 is 4.90 Å². The Hall–Kier alpha value is -3.21. The van der Waals surface area contributed by atoms with E-state index in [1.165, 1.54) is 36.4 Å². The Bertz CT molecular complexity index is 1550. The molecule has 2 aliphatic carbocycles. The smallest absolute Gasteiger partial charge is 0.335 e. The Balaban J connectivity index is 1.49. The highest BCUT2D eigenvalue weighted by Gasteiger charge is 2.76. The minimum absolute atomic E-state index is 0.0127. The number of nitrogens with zero attached hydrogens (tertiary/aromatic N) is 2. The summed E-state index contributed by atoms with van der Waals surface area (Å²) in [6.07, 6.45) is 1.83. The maximum absolute atomic E-state index is 14.0. The number of rotatable bonds is 4. The van der Waals surface area contributed by atoms with E-state index in [0.29, 0.717) is 11.1 Å². The normalized spacial score (nSPS) is 33.0. The average molecular weight is 648 g/mol. The van der Waals surface area contributed by atoms with Crippen molar-refractivity contribution in [1.29, 1.82) is 0 Å². The van der Waals surface area contributed by atoms with Crippen LogP contribution in [0.25, 0.3) is 0 Å². The third kappa shape index (κ3) is 3.42. The Morgan fingerprint density at radius 1 is 1.00 bits per heavy atom. The number of alkyl halides is 3. The molecule has 2 aliphatic heterocycles. The number of hydrogen-bond donors (Lipinski definition) is 2. The second-order valence-electron chi connectivity index (χ2n) is 10.4. The second kappa shape index (κ2) is 9.15. The van der Waals surface area contributed by atoms with E-state index < -0.39 is 63.0 Å². The third-order valence-corrected chi connectivity index (χ3v) is 10.5. The quantitative estimate of drug-likeness (QED) is 0.222. The summed E-state index contributed by atoms with van der Waals surface area (Å²) >= 11 is 17.5. The average Bonchev–Trinajstić information content (AvgIpc) is 3.27. The van der Waals surface area contributed by atoms with Crippen LogP contribution in [-0.4, -0.2) is 59.9 Å². The van der Waals surface area contributed by atoms with Gasteiger partial charge in [-0.3, -0.25) is 29.0 Å². The number of carboxylic acid groups (broad SMARTS) is 1. The van der Waals surface area contributed by atoms with E-state index in [0.717, 1.165) is 9.80 Å². The summed E-state index contributed by atoms with van der Waals surface area (Å²) in [6.45, 7) is 0. The first-order valence-corrected chi connectivity index (χ1v) is 14.3. The molecule has 6 atom stereocenters. The number of phenols is 1. The highest BCUT2D eigenvalue weighted by molar-refractivity contribution is 9.09. The molecule has 0 radical (unpaired) electrons. The van der Waals surface area contributed by atoms with Crippen molar-refractivity contribution in [2.75, 3.05) is 10.4 Å². The molecule has 0 spiro atoms. The van der Waals surface area contributed by atoms with Crippen LogP contribution in [0.15, 0.2) is 60.2 Å². The third-order valence-electron chi connectivity index (χ3n) is 8.59. The van der Waals surface area contributed by atoms with E-state index in [9.17, 15) is 34.2 Å². The van der Waals surface area contributed by atoms with E-state index in [4.69, 9.17) is 23.2 Å². The molecule has 2 heterocycles. The zero-order valence-corrected chi connectivity index (χ0v) is 23.7. The number of allylic oxidation sites excluding steroid dienone is 2. The number of hydrogen-bond acceptors (Lipinski definition) is 6. The number of imide groups is 2. The molecule has 2 saturated heterocycles. The maximum Gasteiger partial charge on any atom is 0.335 e. The molecule has 2 aromatic rings. The maximum atomic E-state index is 14.0. The fourth-order valence-corrected chi connectivity index (χ4v) is 8.25. The molecular weight excluding hydrogens is 627 g/mol. The Morgan fingerprint density at radius 3 is 2.35 bits per heavy atom. The van der Waals surface area contributed by atoms with Crippen molar-refractivity contribution in [2.24, 2.45) is 17.8 Å². The molecule has 3 fully saturated rings. The van der Waals surface area contributed by atoms with Gasteiger partial charge in [0, 0.05) is 5.92 Å². The zero-order chi connectivity index (χ0) is 28.7. The largest absolute Gasteiger partial charge is 0.508 e. The highest BCUT2D eigenvalue weighted by Crippen LogP contribution is 2.65. The Labute approximate surface area is 246 Å². The van der Waals surface area contributed by atoms with Crippen molar-refractivity contribution in [3.05, 3.63) is 71.3 Å². The van der Waals surface area contributed by atoms with Crippen LogP contribution in [0.1, 0.15) is 34.7 Å². The number of carboxylic acids is 1. The number of fused-ring (bicyclic) bond motifs is 4. The van der Waals surface area contributed by atoms with Gasteiger partial charge in [-0.25, -0.2) is 4.79 Å². The molecule has 206 valence electrons. The topological polar surface area (TPSA) is 132 Å². The van der Waals surface area contributed by atoms with Crippen molar-refractivity contribution in [3.8, 4) is 5.75 Å². The lowest BCUT2D eigenvalue weighted by Gasteiger charge is -2.50. The number of halogens is 3. The lowest BCUT2D eigenvalue weighted by atomic mass is 9.56. The van der Waals surface area contributed by atoms with E-state index in [1.54, 1.807) is 18.2 Å². The van der Waals surface area contributed by atoms with E-state index in [2.05, 4.69) is 15.9 Å². The summed E-state index contributed by atoms with van der Waals surface area (Å²) in [5.74, 6) is -6.90. The van der Waals surface area contributed by atoms with Gasteiger partial charge in [0.25, 0.3) is 11.8 Å². The highest BCUT2D eigenvalue weighted by atomic mass is 79.9. The van der Waals surface area contributed by atoms with Gasteiger partial charge >= 0.3 is 5.97 Å². The van der Waals surface area contributed by atoms with Crippen LogP contribution in [0.4, 0.5) is 5.69 Å². The van der Waals surface area contributed by atoms with Crippen molar-refractivity contribution >= 4 is 74.4 Å². The molecule has 6 rings (SSSR count). The Morgan fingerprint density at radius 2 is 1.70 bits per heavy atom. The molecule has 0 bridgehead atoms. The van der Waals surface area contributed by atoms with Gasteiger partial charge in [0.15, 0.2) is 9.75 Å². The number of amides is 4. The van der Waals surface area contributed by atoms with Crippen LogP contribution in [0.5, 0.6) is 5.75 Å². The molecule has 12 heteroatoms. The number of carbonyl (C=O) groups excluding carboxylic acids is 4. The first-order valence-electron chi connectivity index (χ1n) is 12.5. The number of phenolic OH excluding ortho intramolecular Hbond substituents is 1. The van der Waals surface area contributed by atoms with Gasteiger partial charge in [0.2, 0.25) is 11.8 Å². The van der Waals surface area contributed by atoms with Crippen LogP contribution in [0.2, 0.25) is 0 Å². The summed E-state index contributed by atoms with van der Waals surface area (Å²) in [5, 5.41) is 19.3. The summed E-state index contributed by atoms with van der Waals surface area (Å²) in [5.41, 5.74) is 1.08. The molecule has 2 N–H and O–H groups in total. The van der Waals surface area contributed by atoms with Gasteiger partial charge in [0.05, 0.1) is 28.5 Å². The van der Waals surface area contributed by atoms with Gasteiger partial charge < -0.3 is 10.2 Å². The van der Waals surface area contributed by atoms with Gasteiger partial charge in [-0.15, -0.1) is 23.2 Å². The van der Waals surface area contributed by atoms with Crippen LogP contribution in [0, 0.1) is 17.8 Å². The number of carbonyl (C=O) groups is 5. The summed E-state index contributed by atoms with van der Waals surface area (Å²) in [7, 11) is 0. The summed E-state index contributed by atoms with van der Waals surface area (Å²) in [4.78, 5) is 64.5. The molecule has 6 unspecified atom stereocenters. The van der Waals surface area contributed by atoms with Crippen molar-refractivity contribution in [1.82, 2.24) is 4.90 Å². The van der Waals surface area contributed by atoms with Crippen molar-refractivity contribution in [3.63, 3.8) is 0 Å². The number of aromatic hydroxyl groups is 1. The summed E-state index contributed by atoms with van der Waals surface area (Å²) < 4.78 is 0. The van der Waals surface area contributed by atoms with Crippen LogP contribution in [-0.2, 0) is 19.2 Å². The first kappa shape index (κ1) is 27.0. The fraction of sp³-hybridized carbons (Fsp3) is 0.321. The predicted octanol–water partition coefficient (Wildman–Crippen LogP) is 4.01. The minimum atomic E-state index is -1.92. The molecule has 4 aliphatic rings. The van der Waals surface area contributed by atoms with Gasteiger partial charge in [-0.2, -0.15) is 0 Å². The van der Waals surface area contributed by atoms with E-state index in [1.807, 2.05) is 0 Å². The van der Waals surface area contributed by atoms with Crippen molar-refractivity contribution < 1.29 is 34.2 Å². The van der Waals surface area contributed by atoms with Gasteiger partial charge in [-0.1, -0.05) is 45.8 Å². The zero-order valence-electron chi connectivity index (χ0n) is 20.6. The van der Waals surface area contributed by atoms with Gasteiger partial charge in [0.1, 0.15) is 5.75 Å². The van der Waals surface area contributed by atoms with Crippen molar-refractivity contribution in [2.45, 2.75) is 28.5 Å². The molecule has 0 aromatic heterocycles. The fourth-order valence-electron chi connectivity index (χ4n) is 6.83. The van der Waals surface area contributed by atoms with E-state index in [-0.39, 0.29) is 35.3 Å². The molecule has 40 heavy (non-hydrogen) atoms. The van der Waals surface area contributed by atoms with Crippen LogP contribution >= 0.6 is 39.1 Å². The monoisotopic (exact) mass is 646 g/mol. The number of likely N-dealkylation sites (tertiary alicyclic amines) is 1. The van der Waals surface area contributed by atoms with E-state index >= 15 is 0 Å². The second-order valence-corrected chi connectivity index (χ2v) is 12.2. The summed E-state index contributed by atoms with van der Waals surface area (Å²) in [6, 6.07) is 11.6. The first-order chi connectivity index (χ1) is 19.0. The molecular formula is C28H21BrCl2N2O7. The molecule has 1 saturated carbocycles. The SMILES string of the molecule is O=C(O)c1cccc(N2C(=O)C3CC=C4C(CC5(Cl)C(=O)N(CBr)C(=O)C5(Cl)C4c4ccc(O)cc4)C3C2=O)c1. The number of anilines is 1. The van der Waals surface area contributed by atoms with Crippen LogP contribution in [0.3, 0.4) is 0 Å². The molecule has 9 nitrogen and oxygen atoms in total.